The number of methoxy groups -OCH3 is 1. The molecular formula is C10H20N2O4S. The van der Waals surface area contributed by atoms with Gasteiger partial charge in [-0.2, -0.15) is 4.31 Å². The van der Waals surface area contributed by atoms with E-state index in [1.54, 1.807) is 0 Å². The number of hydrogen-bond acceptors (Lipinski definition) is 5. The average Bonchev–Trinajstić information content (AvgIpc) is 2.35. The van der Waals surface area contributed by atoms with Crippen molar-refractivity contribution in [3.8, 4) is 0 Å². The Labute approximate surface area is 102 Å². The molecule has 0 saturated carbocycles. The van der Waals surface area contributed by atoms with E-state index in [9.17, 15) is 13.2 Å². The Bertz CT molecular complexity index is 355. The summed E-state index contributed by atoms with van der Waals surface area (Å²) in [6.45, 7) is 0.836. The maximum absolute atomic E-state index is 12.0. The maximum Gasteiger partial charge on any atom is 0.306 e. The molecule has 1 fully saturated rings. The Morgan fingerprint density at radius 1 is 1.47 bits per heavy atom. The van der Waals surface area contributed by atoms with Gasteiger partial charge in [0.15, 0.2) is 0 Å². The molecule has 0 aromatic rings. The number of nitrogens with zero attached hydrogens (tertiary/aromatic N) is 1. The van der Waals surface area contributed by atoms with Crippen LogP contribution in [0.4, 0.5) is 0 Å². The second-order valence-corrected chi connectivity index (χ2v) is 6.18. The summed E-state index contributed by atoms with van der Waals surface area (Å²) >= 11 is 0. The van der Waals surface area contributed by atoms with Gasteiger partial charge in [-0.1, -0.05) is 6.42 Å². The Morgan fingerprint density at radius 2 is 2.18 bits per heavy atom. The summed E-state index contributed by atoms with van der Waals surface area (Å²) in [6, 6.07) is -0.119. The van der Waals surface area contributed by atoms with E-state index in [-0.39, 0.29) is 18.2 Å². The number of esters is 1. The normalized spacial score (nSPS) is 22.4. The van der Waals surface area contributed by atoms with Crippen LogP contribution in [0.25, 0.3) is 0 Å². The van der Waals surface area contributed by atoms with Crippen LogP contribution in [-0.2, 0) is 19.6 Å². The number of sulfonamides is 1. The zero-order chi connectivity index (χ0) is 12.9. The fourth-order valence-electron chi connectivity index (χ4n) is 2.01. The largest absolute Gasteiger partial charge is 0.469 e. The van der Waals surface area contributed by atoms with Crippen LogP contribution in [-0.4, -0.2) is 50.7 Å². The van der Waals surface area contributed by atoms with Gasteiger partial charge in [0, 0.05) is 19.1 Å². The number of rotatable bonds is 5. The predicted molar refractivity (Wildman–Crippen MR) is 63.8 cm³/mol. The number of hydrogen-bond donors (Lipinski definition) is 1. The smallest absolute Gasteiger partial charge is 0.306 e. The van der Waals surface area contributed by atoms with Gasteiger partial charge in [-0.25, -0.2) is 8.42 Å². The zero-order valence-corrected chi connectivity index (χ0v) is 10.9. The van der Waals surface area contributed by atoms with Gasteiger partial charge in [0.25, 0.3) is 0 Å². The van der Waals surface area contributed by atoms with E-state index in [2.05, 4.69) is 4.74 Å². The molecule has 0 amide bonds. The maximum atomic E-state index is 12.0. The average molecular weight is 264 g/mol. The molecule has 7 heteroatoms. The lowest BCUT2D eigenvalue weighted by Crippen LogP contribution is -2.48. The molecule has 0 aromatic heterocycles. The van der Waals surface area contributed by atoms with Crippen molar-refractivity contribution in [2.45, 2.75) is 31.7 Å². The monoisotopic (exact) mass is 264 g/mol. The molecule has 1 rings (SSSR count). The van der Waals surface area contributed by atoms with Crippen molar-refractivity contribution >= 4 is 16.0 Å². The molecule has 2 N–H and O–H groups in total. The first-order chi connectivity index (χ1) is 8.01. The second-order valence-electron chi connectivity index (χ2n) is 4.14. The molecule has 0 aromatic carbocycles. The van der Waals surface area contributed by atoms with Crippen LogP contribution >= 0.6 is 0 Å². The first-order valence-electron chi connectivity index (χ1n) is 5.77. The number of piperidine rings is 1. The predicted octanol–water partition coefficient (Wildman–Crippen LogP) is -0.307. The van der Waals surface area contributed by atoms with Crippen LogP contribution in [0, 0.1) is 0 Å². The molecular weight excluding hydrogens is 244 g/mol. The fraction of sp³-hybridized carbons (Fsp3) is 0.900. The lowest BCUT2D eigenvalue weighted by molar-refractivity contribution is -0.140. The molecule has 1 aliphatic heterocycles. The first kappa shape index (κ1) is 14.4. The zero-order valence-electron chi connectivity index (χ0n) is 10.1. The molecule has 0 aliphatic carbocycles. The Balaban J connectivity index is 2.64. The van der Waals surface area contributed by atoms with E-state index >= 15 is 0 Å². The van der Waals surface area contributed by atoms with Gasteiger partial charge >= 0.3 is 5.97 Å². The van der Waals surface area contributed by atoms with Crippen molar-refractivity contribution in [3.63, 3.8) is 0 Å². The number of nitrogens with two attached hydrogens (primary N) is 1. The highest BCUT2D eigenvalue weighted by Crippen LogP contribution is 2.20. The highest BCUT2D eigenvalue weighted by Gasteiger charge is 2.31. The summed E-state index contributed by atoms with van der Waals surface area (Å²) in [4.78, 5) is 11.0. The van der Waals surface area contributed by atoms with E-state index < -0.39 is 16.0 Å². The van der Waals surface area contributed by atoms with Crippen LogP contribution in [0.2, 0.25) is 0 Å². The Hall–Kier alpha value is -0.660. The Morgan fingerprint density at radius 3 is 2.76 bits per heavy atom. The molecule has 0 radical (unpaired) electrons. The van der Waals surface area contributed by atoms with Gasteiger partial charge in [-0.3, -0.25) is 4.79 Å². The van der Waals surface area contributed by atoms with E-state index in [1.165, 1.54) is 11.4 Å². The molecule has 1 saturated heterocycles. The molecule has 0 bridgehead atoms. The van der Waals surface area contributed by atoms with E-state index in [4.69, 9.17) is 5.73 Å². The van der Waals surface area contributed by atoms with Crippen molar-refractivity contribution in [2.75, 3.05) is 26.0 Å². The minimum absolute atomic E-state index is 0.105. The second kappa shape index (κ2) is 6.32. The Kier molecular flexibility index (Phi) is 5.35. The van der Waals surface area contributed by atoms with Crippen molar-refractivity contribution < 1.29 is 17.9 Å². The third kappa shape index (κ3) is 3.93. The topological polar surface area (TPSA) is 89.7 Å². The fourth-order valence-corrected chi connectivity index (χ4v) is 3.72. The van der Waals surface area contributed by atoms with Crippen molar-refractivity contribution in [2.24, 2.45) is 5.73 Å². The first-order valence-corrected chi connectivity index (χ1v) is 7.38. The summed E-state index contributed by atoms with van der Waals surface area (Å²) in [6.07, 6.45) is 2.55. The van der Waals surface area contributed by atoms with E-state index in [0.29, 0.717) is 13.1 Å². The molecule has 100 valence electrons. The lowest BCUT2D eigenvalue weighted by atomic mass is 10.1. The summed E-state index contributed by atoms with van der Waals surface area (Å²) in [5.74, 6) is -0.703. The summed E-state index contributed by atoms with van der Waals surface area (Å²) in [5.41, 5.74) is 5.57. The number of carbonyl (C=O) groups is 1. The van der Waals surface area contributed by atoms with Crippen LogP contribution in [0.3, 0.4) is 0 Å². The summed E-state index contributed by atoms with van der Waals surface area (Å²) in [7, 11) is -2.15. The minimum atomic E-state index is -3.40. The number of ether oxygens (including phenoxy) is 1. The molecule has 1 atom stereocenters. The molecule has 6 nitrogen and oxygen atoms in total. The van der Waals surface area contributed by atoms with Gasteiger partial charge in [0.2, 0.25) is 10.0 Å². The van der Waals surface area contributed by atoms with Crippen molar-refractivity contribution in [3.05, 3.63) is 0 Å². The van der Waals surface area contributed by atoms with E-state index in [0.717, 1.165) is 19.3 Å². The molecule has 1 unspecified atom stereocenters. The highest BCUT2D eigenvalue weighted by atomic mass is 32.2. The summed E-state index contributed by atoms with van der Waals surface area (Å²) in [5, 5.41) is 0. The van der Waals surface area contributed by atoms with Crippen molar-refractivity contribution in [1.82, 2.24) is 4.31 Å². The van der Waals surface area contributed by atoms with Crippen LogP contribution in [0.1, 0.15) is 25.7 Å². The third-order valence-corrected chi connectivity index (χ3v) is 4.91. The standard InChI is InChI=1S/C10H20N2O4S/c1-16-10(13)5-7-17(14,15)12-6-3-2-4-9(12)8-11/h9H,2-8,11H2,1H3. The lowest BCUT2D eigenvalue weighted by Gasteiger charge is -2.33. The minimum Gasteiger partial charge on any atom is -0.469 e. The van der Waals surface area contributed by atoms with Gasteiger partial charge in [-0.15, -0.1) is 0 Å². The van der Waals surface area contributed by atoms with Crippen LogP contribution in [0.15, 0.2) is 0 Å². The molecule has 1 aliphatic rings. The van der Waals surface area contributed by atoms with Gasteiger partial charge in [0.05, 0.1) is 19.3 Å². The SMILES string of the molecule is COC(=O)CCS(=O)(=O)N1CCCCC1CN. The molecule has 17 heavy (non-hydrogen) atoms. The number of carbonyl (C=O) groups excluding carboxylic acids is 1. The third-order valence-electron chi connectivity index (χ3n) is 2.99. The van der Waals surface area contributed by atoms with Crippen molar-refractivity contribution in [1.29, 1.82) is 0 Å². The van der Waals surface area contributed by atoms with Gasteiger partial charge < -0.3 is 10.5 Å². The summed E-state index contributed by atoms with van der Waals surface area (Å²) < 4.78 is 30.0. The molecule has 1 heterocycles. The van der Waals surface area contributed by atoms with Crippen LogP contribution in [0.5, 0.6) is 0 Å². The van der Waals surface area contributed by atoms with E-state index in [1.807, 2.05) is 0 Å². The van der Waals surface area contributed by atoms with Gasteiger partial charge in [0.1, 0.15) is 0 Å². The van der Waals surface area contributed by atoms with Crippen LogP contribution < -0.4 is 5.73 Å². The quantitative estimate of drug-likeness (QED) is 0.688. The highest BCUT2D eigenvalue weighted by molar-refractivity contribution is 7.89. The molecule has 0 spiro atoms. The van der Waals surface area contributed by atoms with Gasteiger partial charge in [-0.05, 0) is 12.8 Å².